The van der Waals surface area contributed by atoms with Gasteiger partial charge in [-0.3, -0.25) is 0 Å². The fourth-order valence-corrected chi connectivity index (χ4v) is 6.34. The van der Waals surface area contributed by atoms with E-state index in [1.54, 1.807) is 6.07 Å². The molecule has 0 aromatic heterocycles. The van der Waals surface area contributed by atoms with E-state index in [1.165, 1.54) is 12.8 Å². The second-order valence-corrected chi connectivity index (χ2v) is 10.0. The van der Waals surface area contributed by atoms with Crippen LogP contribution in [0.2, 0.25) is 5.02 Å². The molecule has 0 radical (unpaired) electrons. The van der Waals surface area contributed by atoms with Gasteiger partial charge in [0, 0.05) is 10.6 Å². The molecule has 33 heavy (non-hydrogen) atoms. The summed E-state index contributed by atoms with van der Waals surface area (Å²) in [4.78, 5) is 12.1. The molecule has 2 aliphatic carbocycles. The lowest BCUT2D eigenvalue weighted by Gasteiger charge is -2.52. The molecule has 0 saturated heterocycles. The molecule has 1 N–H and O–H groups in total. The molecular formula is C27H31ClO5. The van der Waals surface area contributed by atoms with Gasteiger partial charge in [0.2, 0.25) is 0 Å². The molecule has 5 rings (SSSR count). The van der Waals surface area contributed by atoms with Crippen LogP contribution >= 0.6 is 11.6 Å². The van der Waals surface area contributed by atoms with Gasteiger partial charge in [-0.15, -0.1) is 0 Å². The highest BCUT2D eigenvalue weighted by Gasteiger charge is 2.54. The maximum Gasteiger partial charge on any atom is 0.373 e. The minimum absolute atomic E-state index is 0.264. The highest BCUT2D eigenvalue weighted by molar-refractivity contribution is 6.30. The van der Waals surface area contributed by atoms with E-state index >= 15 is 0 Å². The first-order valence-electron chi connectivity index (χ1n) is 12.2. The van der Waals surface area contributed by atoms with Gasteiger partial charge in [-0.2, -0.15) is 0 Å². The zero-order valence-electron chi connectivity index (χ0n) is 18.8. The fourth-order valence-electron chi connectivity index (χ4n) is 6.16. The topological polar surface area (TPSA) is 65.0 Å². The van der Waals surface area contributed by atoms with E-state index < -0.39 is 17.9 Å². The first kappa shape index (κ1) is 22.5. The minimum Gasteiger partial charge on any atom is -0.477 e. The Balaban J connectivity index is 1.61. The number of rotatable bonds is 5. The normalized spacial score (nSPS) is 23.4. The van der Waals surface area contributed by atoms with E-state index in [-0.39, 0.29) is 11.8 Å². The van der Waals surface area contributed by atoms with E-state index in [0.717, 1.165) is 56.9 Å². The summed E-state index contributed by atoms with van der Waals surface area (Å²) < 4.78 is 18.6. The van der Waals surface area contributed by atoms with E-state index in [4.69, 9.17) is 25.8 Å². The van der Waals surface area contributed by atoms with Crippen molar-refractivity contribution in [2.45, 2.75) is 76.1 Å². The van der Waals surface area contributed by atoms with Gasteiger partial charge in [-0.05, 0) is 73.9 Å². The van der Waals surface area contributed by atoms with Gasteiger partial charge in [-0.1, -0.05) is 56.2 Å². The quantitative estimate of drug-likeness (QED) is 0.496. The molecule has 0 amide bonds. The number of aliphatic carboxylic acids is 1. The monoisotopic (exact) mass is 470 g/mol. The van der Waals surface area contributed by atoms with Gasteiger partial charge < -0.3 is 19.3 Å². The molecule has 1 aliphatic heterocycles. The predicted molar refractivity (Wildman–Crippen MR) is 126 cm³/mol. The van der Waals surface area contributed by atoms with Gasteiger partial charge in [-0.25, -0.2) is 4.79 Å². The lowest BCUT2D eigenvalue weighted by Crippen LogP contribution is -2.54. The molecule has 1 atom stereocenters. The third-order valence-electron chi connectivity index (χ3n) is 7.56. The molecule has 176 valence electrons. The van der Waals surface area contributed by atoms with Crippen LogP contribution in [0.5, 0.6) is 17.2 Å². The van der Waals surface area contributed by atoms with Gasteiger partial charge >= 0.3 is 5.97 Å². The summed E-state index contributed by atoms with van der Waals surface area (Å²) in [6.45, 7) is 0. The van der Waals surface area contributed by atoms with E-state index in [0.29, 0.717) is 22.3 Å². The first-order chi connectivity index (χ1) is 16.1. The third kappa shape index (κ3) is 4.45. The number of hydrogen-bond acceptors (Lipinski definition) is 4. The molecule has 2 fully saturated rings. The van der Waals surface area contributed by atoms with Gasteiger partial charge in [0.15, 0.2) is 0 Å². The molecule has 0 bridgehead atoms. The Morgan fingerprint density at radius 1 is 0.909 bits per heavy atom. The van der Waals surface area contributed by atoms with Crippen LogP contribution in [0.25, 0.3) is 0 Å². The number of carboxylic acid groups (broad SMARTS) is 1. The number of ether oxygens (including phenoxy) is 3. The van der Waals surface area contributed by atoms with Crippen molar-refractivity contribution in [1.29, 1.82) is 0 Å². The van der Waals surface area contributed by atoms with E-state index in [2.05, 4.69) is 0 Å². The Kier molecular flexibility index (Phi) is 6.53. The number of fused-ring (bicyclic) bond motifs is 1. The Morgan fingerprint density at radius 3 is 2.15 bits per heavy atom. The summed E-state index contributed by atoms with van der Waals surface area (Å²) >= 11 is 6.14. The smallest absolute Gasteiger partial charge is 0.373 e. The zero-order valence-corrected chi connectivity index (χ0v) is 19.6. The Hall–Kier alpha value is -2.24. The summed E-state index contributed by atoms with van der Waals surface area (Å²) in [5.41, 5.74) is 0.267. The number of carboxylic acids is 1. The summed E-state index contributed by atoms with van der Waals surface area (Å²) in [5.74, 6) is 1.39. The standard InChI is InChI=1S/C27H31ClO5/c28-20-12-7-13-21(16-20)31-22-14-15-24-23(17-22)27(18-8-3-1-4-9-18,19-10-5-2-6-11-19)33-26(32-24)25(29)30/h7,12-19,26H,1-6,8-11H2,(H,29,30). The maximum atomic E-state index is 12.1. The number of hydrogen-bond donors (Lipinski definition) is 1. The lowest BCUT2D eigenvalue weighted by atomic mass is 9.63. The molecular weight excluding hydrogens is 440 g/mol. The summed E-state index contributed by atoms with van der Waals surface area (Å²) in [6.07, 6.45) is 9.92. The fraction of sp³-hybridized carbons (Fsp3) is 0.519. The molecule has 2 saturated carbocycles. The number of halogens is 1. The largest absolute Gasteiger partial charge is 0.477 e. The summed E-state index contributed by atoms with van der Waals surface area (Å²) in [7, 11) is 0. The Bertz CT molecular complexity index is 976. The second-order valence-electron chi connectivity index (χ2n) is 9.59. The predicted octanol–water partition coefficient (Wildman–Crippen LogP) is 7.31. The zero-order chi connectivity index (χ0) is 22.8. The maximum absolute atomic E-state index is 12.1. The van der Waals surface area contributed by atoms with Gasteiger partial charge in [0.1, 0.15) is 22.8 Å². The van der Waals surface area contributed by atoms with Gasteiger partial charge in [0.25, 0.3) is 6.29 Å². The first-order valence-corrected chi connectivity index (χ1v) is 12.6. The highest BCUT2D eigenvalue weighted by atomic mass is 35.5. The molecule has 0 spiro atoms. The average Bonchev–Trinajstić information content (AvgIpc) is 2.84. The number of carbonyl (C=O) groups is 1. The van der Waals surface area contributed by atoms with Crippen LogP contribution < -0.4 is 9.47 Å². The third-order valence-corrected chi connectivity index (χ3v) is 7.80. The summed E-state index contributed by atoms with van der Waals surface area (Å²) in [6, 6.07) is 13.0. The van der Waals surface area contributed by atoms with Crippen LogP contribution in [0.4, 0.5) is 0 Å². The Labute approximate surface area is 200 Å². The lowest BCUT2D eigenvalue weighted by molar-refractivity contribution is -0.252. The van der Waals surface area contributed by atoms with Crippen molar-refractivity contribution in [3.05, 3.63) is 53.1 Å². The van der Waals surface area contributed by atoms with Crippen LogP contribution in [-0.2, 0) is 15.1 Å². The summed E-state index contributed by atoms with van der Waals surface area (Å²) in [5, 5.41) is 10.5. The van der Waals surface area contributed by atoms with Crippen LogP contribution in [-0.4, -0.2) is 17.4 Å². The van der Waals surface area contributed by atoms with Crippen molar-refractivity contribution in [2.24, 2.45) is 11.8 Å². The molecule has 6 heteroatoms. The SMILES string of the molecule is O=C(O)C1Oc2ccc(Oc3cccc(Cl)c3)cc2C(C2CCCCC2)(C2CCCCC2)O1. The highest BCUT2D eigenvalue weighted by Crippen LogP contribution is 2.56. The van der Waals surface area contributed by atoms with Crippen molar-refractivity contribution >= 4 is 17.6 Å². The molecule has 2 aromatic carbocycles. The van der Waals surface area contributed by atoms with Crippen molar-refractivity contribution in [3.8, 4) is 17.2 Å². The number of benzene rings is 2. The van der Waals surface area contributed by atoms with Crippen LogP contribution in [0, 0.1) is 11.8 Å². The van der Waals surface area contributed by atoms with Crippen LogP contribution in [0.3, 0.4) is 0 Å². The van der Waals surface area contributed by atoms with Gasteiger partial charge in [0.05, 0.1) is 0 Å². The molecule has 2 aromatic rings. The Morgan fingerprint density at radius 2 is 1.55 bits per heavy atom. The van der Waals surface area contributed by atoms with Crippen LogP contribution in [0.1, 0.15) is 69.8 Å². The van der Waals surface area contributed by atoms with Crippen molar-refractivity contribution in [3.63, 3.8) is 0 Å². The minimum atomic E-state index is -1.29. The molecule has 1 unspecified atom stereocenters. The average molecular weight is 471 g/mol. The van der Waals surface area contributed by atoms with Crippen molar-refractivity contribution in [2.75, 3.05) is 0 Å². The molecule has 1 heterocycles. The molecule has 5 nitrogen and oxygen atoms in total. The molecule has 3 aliphatic rings. The van der Waals surface area contributed by atoms with E-state index in [1.807, 2.05) is 36.4 Å². The second kappa shape index (κ2) is 9.55. The van der Waals surface area contributed by atoms with Crippen molar-refractivity contribution in [1.82, 2.24) is 0 Å². The van der Waals surface area contributed by atoms with Crippen molar-refractivity contribution < 1.29 is 24.1 Å². The van der Waals surface area contributed by atoms with E-state index in [9.17, 15) is 9.90 Å². The van der Waals surface area contributed by atoms with Crippen LogP contribution in [0.15, 0.2) is 42.5 Å².